The molecule has 0 radical (unpaired) electrons. The fraction of sp³-hybridized carbons (Fsp3) is 1.00. The summed E-state index contributed by atoms with van der Waals surface area (Å²) in [6.45, 7) is 7.77. The first kappa shape index (κ1) is 18.6. The molecule has 4 saturated carbocycles. The van der Waals surface area contributed by atoms with E-state index in [0.29, 0.717) is 36.9 Å². The van der Waals surface area contributed by atoms with Crippen molar-refractivity contribution in [3.8, 4) is 0 Å². The van der Waals surface area contributed by atoms with Crippen molar-refractivity contribution < 1.29 is 24.1 Å². The lowest BCUT2D eigenvalue weighted by molar-refractivity contribution is -0.269. The lowest BCUT2D eigenvalue weighted by Crippen LogP contribution is -2.61. The molecule has 3 unspecified atom stereocenters. The zero-order valence-electron chi connectivity index (χ0n) is 17.5. The summed E-state index contributed by atoms with van der Waals surface area (Å²) >= 11 is 0. The Kier molecular flexibility index (Phi) is 3.94. The van der Waals surface area contributed by atoms with Crippen LogP contribution >= 0.6 is 0 Å². The minimum absolute atomic E-state index is 0.0984. The van der Waals surface area contributed by atoms with Crippen molar-refractivity contribution in [1.29, 1.82) is 0 Å². The van der Waals surface area contributed by atoms with Crippen molar-refractivity contribution in [1.82, 2.24) is 0 Å². The third-order valence-electron chi connectivity index (χ3n) is 10.3. The summed E-state index contributed by atoms with van der Waals surface area (Å²) in [5, 5.41) is 11.3. The third kappa shape index (κ3) is 2.21. The van der Waals surface area contributed by atoms with Gasteiger partial charge in [0.15, 0.2) is 11.6 Å². The summed E-state index contributed by atoms with van der Waals surface area (Å²) < 4.78 is 24.6. The molecule has 6 fully saturated rings. The van der Waals surface area contributed by atoms with E-state index in [1.807, 2.05) is 0 Å². The minimum Gasteiger partial charge on any atom is -0.393 e. The SMILES string of the molecule is C[C@]12CCC3C(C[C@@H](O)[C@H]4CC5(CC[C@]34C)OCCO5)C1CCC21OCCO1. The molecule has 5 nitrogen and oxygen atoms in total. The van der Waals surface area contributed by atoms with Crippen LogP contribution in [0.15, 0.2) is 0 Å². The van der Waals surface area contributed by atoms with E-state index < -0.39 is 5.79 Å². The molecule has 2 spiro atoms. The van der Waals surface area contributed by atoms with Gasteiger partial charge in [-0.1, -0.05) is 13.8 Å². The summed E-state index contributed by atoms with van der Waals surface area (Å²) in [5.74, 6) is 1.40. The molecule has 0 aromatic carbocycles. The number of aliphatic hydroxyl groups excluding tert-OH is 1. The zero-order valence-corrected chi connectivity index (χ0v) is 17.5. The van der Waals surface area contributed by atoms with Crippen LogP contribution < -0.4 is 0 Å². The Bertz CT molecular complexity index is 639. The maximum atomic E-state index is 11.3. The highest BCUT2D eigenvalue weighted by atomic mass is 16.7. The van der Waals surface area contributed by atoms with Crippen molar-refractivity contribution in [2.45, 2.75) is 82.9 Å². The topological polar surface area (TPSA) is 57.2 Å². The van der Waals surface area contributed by atoms with Crippen LogP contribution in [0.3, 0.4) is 0 Å². The summed E-state index contributed by atoms with van der Waals surface area (Å²) in [6.07, 6.45) is 8.27. The lowest BCUT2D eigenvalue weighted by atomic mass is 9.44. The lowest BCUT2D eigenvalue weighted by Gasteiger charge is -2.63. The predicted molar refractivity (Wildman–Crippen MR) is 102 cm³/mol. The van der Waals surface area contributed by atoms with E-state index in [1.165, 1.54) is 19.3 Å². The highest BCUT2D eigenvalue weighted by Crippen LogP contribution is 2.70. The Morgan fingerprint density at radius 3 is 2.18 bits per heavy atom. The molecule has 0 aromatic rings. The molecule has 28 heavy (non-hydrogen) atoms. The van der Waals surface area contributed by atoms with Gasteiger partial charge in [0.05, 0.1) is 32.5 Å². The highest BCUT2D eigenvalue weighted by molar-refractivity contribution is 5.14. The molecule has 0 aromatic heterocycles. The van der Waals surface area contributed by atoms with Gasteiger partial charge in [0.25, 0.3) is 0 Å². The van der Waals surface area contributed by atoms with Crippen LogP contribution in [-0.4, -0.2) is 49.2 Å². The molecule has 0 amide bonds. The summed E-state index contributed by atoms with van der Waals surface area (Å²) in [4.78, 5) is 0. The normalized spacial score (nSPS) is 53.9. The highest BCUT2D eigenvalue weighted by Gasteiger charge is 2.69. The second-order valence-corrected chi connectivity index (χ2v) is 11.0. The zero-order chi connectivity index (χ0) is 19.2. The molecule has 1 N–H and O–H groups in total. The van der Waals surface area contributed by atoms with Crippen molar-refractivity contribution in [2.24, 2.45) is 34.5 Å². The van der Waals surface area contributed by atoms with Crippen molar-refractivity contribution in [2.75, 3.05) is 26.4 Å². The maximum Gasteiger partial charge on any atom is 0.174 e. The molecule has 2 aliphatic heterocycles. The number of rotatable bonds is 0. The number of ether oxygens (including phenoxy) is 4. The van der Waals surface area contributed by atoms with E-state index in [0.717, 1.165) is 45.3 Å². The quantitative estimate of drug-likeness (QED) is 0.684. The van der Waals surface area contributed by atoms with Gasteiger partial charge < -0.3 is 24.1 Å². The standard InChI is InChI=1S/C23H36O5/c1-20-7-8-22(25-9-10-26-22)14-18(20)19(24)13-15-16(20)3-5-21(2)17(15)4-6-23(21)27-11-12-28-23/h15-19,24H,3-14H2,1-2H3/t15?,16?,17?,18-,19-,20-,21+/m1/s1. The number of hydrogen-bond donors (Lipinski definition) is 1. The molecule has 5 heteroatoms. The van der Waals surface area contributed by atoms with Gasteiger partial charge in [-0.05, 0) is 61.2 Å². The first-order chi connectivity index (χ1) is 13.4. The molecule has 6 aliphatic rings. The van der Waals surface area contributed by atoms with E-state index >= 15 is 0 Å². The van der Waals surface area contributed by atoms with Gasteiger partial charge in [-0.15, -0.1) is 0 Å². The smallest absolute Gasteiger partial charge is 0.174 e. The van der Waals surface area contributed by atoms with Crippen LogP contribution in [0.5, 0.6) is 0 Å². The van der Waals surface area contributed by atoms with Crippen molar-refractivity contribution >= 4 is 0 Å². The molecule has 4 aliphatic carbocycles. The minimum atomic E-state index is -0.413. The van der Waals surface area contributed by atoms with E-state index in [4.69, 9.17) is 18.9 Å². The van der Waals surface area contributed by atoms with E-state index in [2.05, 4.69) is 13.8 Å². The Morgan fingerprint density at radius 1 is 0.750 bits per heavy atom. The molecule has 2 saturated heterocycles. The Hall–Kier alpha value is -0.200. The van der Waals surface area contributed by atoms with Gasteiger partial charge in [-0.25, -0.2) is 0 Å². The van der Waals surface area contributed by atoms with Gasteiger partial charge in [-0.2, -0.15) is 0 Å². The van der Waals surface area contributed by atoms with Crippen molar-refractivity contribution in [3.63, 3.8) is 0 Å². The second-order valence-electron chi connectivity index (χ2n) is 11.0. The molecule has 2 heterocycles. The first-order valence-electron chi connectivity index (χ1n) is 11.7. The van der Waals surface area contributed by atoms with Gasteiger partial charge >= 0.3 is 0 Å². The van der Waals surface area contributed by atoms with Gasteiger partial charge in [-0.3, -0.25) is 0 Å². The first-order valence-corrected chi connectivity index (χ1v) is 11.7. The molecular weight excluding hydrogens is 356 g/mol. The molecule has 7 atom stereocenters. The average molecular weight is 393 g/mol. The average Bonchev–Trinajstić information content (AvgIpc) is 3.39. The second kappa shape index (κ2) is 5.94. The van der Waals surface area contributed by atoms with Crippen LogP contribution in [-0.2, 0) is 18.9 Å². The predicted octanol–water partition coefficient (Wildman–Crippen LogP) is 3.49. The Balaban J connectivity index is 1.31. The van der Waals surface area contributed by atoms with E-state index in [1.54, 1.807) is 0 Å². The van der Waals surface area contributed by atoms with Crippen LogP contribution in [0.2, 0.25) is 0 Å². The number of fused-ring (bicyclic) bond motifs is 6. The third-order valence-corrected chi connectivity index (χ3v) is 10.3. The van der Waals surface area contributed by atoms with Crippen LogP contribution in [0.1, 0.15) is 65.2 Å². The summed E-state index contributed by atoms with van der Waals surface area (Å²) in [7, 11) is 0. The Morgan fingerprint density at radius 2 is 1.43 bits per heavy atom. The van der Waals surface area contributed by atoms with Crippen LogP contribution in [0.25, 0.3) is 0 Å². The van der Waals surface area contributed by atoms with Gasteiger partial charge in [0.1, 0.15) is 0 Å². The number of aliphatic hydroxyl groups is 1. The number of hydrogen-bond acceptors (Lipinski definition) is 5. The monoisotopic (exact) mass is 392 g/mol. The summed E-state index contributed by atoms with van der Waals surface area (Å²) in [5.41, 5.74) is 0.290. The maximum absolute atomic E-state index is 11.3. The molecule has 0 bridgehead atoms. The van der Waals surface area contributed by atoms with Crippen LogP contribution in [0, 0.1) is 34.5 Å². The van der Waals surface area contributed by atoms with Crippen molar-refractivity contribution in [3.05, 3.63) is 0 Å². The fourth-order valence-electron chi connectivity index (χ4n) is 8.87. The van der Waals surface area contributed by atoms with Crippen LogP contribution in [0.4, 0.5) is 0 Å². The van der Waals surface area contributed by atoms with Gasteiger partial charge in [0.2, 0.25) is 0 Å². The summed E-state index contributed by atoms with van der Waals surface area (Å²) in [6, 6.07) is 0. The Labute approximate surface area is 168 Å². The fourth-order valence-corrected chi connectivity index (χ4v) is 8.87. The van der Waals surface area contributed by atoms with Gasteiger partial charge in [0, 0.05) is 24.7 Å². The largest absolute Gasteiger partial charge is 0.393 e. The molecular formula is C23H36O5. The molecule has 6 rings (SSSR count). The van der Waals surface area contributed by atoms with E-state index in [-0.39, 0.29) is 22.7 Å². The van der Waals surface area contributed by atoms with E-state index in [9.17, 15) is 5.11 Å². The molecule has 158 valence electrons.